The zero-order chi connectivity index (χ0) is 12.4. The van der Waals surface area contributed by atoms with Crippen LogP contribution in [0, 0.1) is 11.7 Å². The normalized spacial score (nSPS) is 15.1. The first-order valence-electron chi connectivity index (χ1n) is 6.13. The SMILES string of the molecule is CC(C)C(=O)N(Cc1ccccc1F)C1CC1. The minimum atomic E-state index is -0.227. The van der Waals surface area contributed by atoms with Gasteiger partial charge in [-0.1, -0.05) is 32.0 Å². The molecule has 17 heavy (non-hydrogen) atoms. The van der Waals surface area contributed by atoms with Crippen LogP contribution in [0.5, 0.6) is 0 Å². The predicted octanol–water partition coefficient (Wildman–Crippen LogP) is 2.97. The summed E-state index contributed by atoms with van der Waals surface area (Å²) in [6.07, 6.45) is 2.10. The molecule has 2 rings (SSSR count). The number of carbonyl (C=O) groups excluding carboxylic acids is 1. The second kappa shape index (κ2) is 4.86. The lowest BCUT2D eigenvalue weighted by molar-refractivity contribution is -0.135. The van der Waals surface area contributed by atoms with Crippen molar-refractivity contribution in [2.24, 2.45) is 5.92 Å². The zero-order valence-electron chi connectivity index (χ0n) is 10.3. The van der Waals surface area contributed by atoms with Gasteiger partial charge in [0.2, 0.25) is 5.91 Å². The maximum atomic E-state index is 13.6. The fourth-order valence-corrected chi connectivity index (χ4v) is 1.91. The van der Waals surface area contributed by atoms with Crippen molar-refractivity contribution in [3.63, 3.8) is 0 Å². The first kappa shape index (κ1) is 12.1. The van der Waals surface area contributed by atoms with Crippen molar-refractivity contribution in [2.45, 2.75) is 39.3 Å². The molecule has 1 fully saturated rings. The molecule has 0 radical (unpaired) electrons. The number of nitrogens with zero attached hydrogens (tertiary/aromatic N) is 1. The Morgan fingerprint density at radius 2 is 2.06 bits per heavy atom. The molecule has 0 bridgehead atoms. The molecule has 1 aromatic carbocycles. The Morgan fingerprint density at radius 1 is 1.41 bits per heavy atom. The summed E-state index contributed by atoms with van der Waals surface area (Å²) in [6.45, 7) is 4.17. The number of hydrogen-bond acceptors (Lipinski definition) is 1. The van der Waals surface area contributed by atoms with Crippen LogP contribution >= 0.6 is 0 Å². The molecule has 1 saturated carbocycles. The van der Waals surface area contributed by atoms with Gasteiger partial charge >= 0.3 is 0 Å². The van der Waals surface area contributed by atoms with Crippen LogP contribution in [0.15, 0.2) is 24.3 Å². The number of hydrogen-bond donors (Lipinski definition) is 0. The average molecular weight is 235 g/mol. The molecule has 0 heterocycles. The molecule has 1 amide bonds. The summed E-state index contributed by atoms with van der Waals surface area (Å²) < 4.78 is 13.6. The molecule has 0 saturated heterocycles. The highest BCUT2D eigenvalue weighted by Crippen LogP contribution is 2.30. The van der Waals surface area contributed by atoms with E-state index in [0.717, 1.165) is 12.8 Å². The van der Waals surface area contributed by atoms with Crippen molar-refractivity contribution in [2.75, 3.05) is 0 Å². The van der Waals surface area contributed by atoms with Gasteiger partial charge in [0.15, 0.2) is 0 Å². The Morgan fingerprint density at radius 3 is 2.59 bits per heavy atom. The van der Waals surface area contributed by atoms with E-state index in [1.54, 1.807) is 12.1 Å². The molecular weight excluding hydrogens is 217 g/mol. The van der Waals surface area contributed by atoms with Gasteiger partial charge in [-0.05, 0) is 18.9 Å². The smallest absolute Gasteiger partial charge is 0.225 e. The predicted molar refractivity (Wildman–Crippen MR) is 64.8 cm³/mol. The van der Waals surface area contributed by atoms with Crippen LogP contribution in [0.25, 0.3) is 0 Å². The van der Waals surface area contributed by atoms with E-state index in [0.29, 0.717) is 18.2 Å². The van der Waals surface area contributed by atoms with E-state index in [4.69, 9.17) is 0 Å². The van der Waals surface area contributed by atoms with Gasteiger partial charge in [0.25, 0.3) is 0 Å². The fraction of sp³-hybridized carbons (Fsp3) is 0.500. The number of amides is 1. The Hall–Kier alpha value is -1.38. The minimum absolute atomic E-state index is 0.0256. The van der Waals surface area contributed by atoms with Gasteiger partial charge in [-0.3, -0.25) is 4.79 Å². The molecule has 0 atom stereocenters. The first-order chi connectivity index (χ1) is 8.09. The van der Waals surface area contributed by atoms with E-state index < -0.39 is 0 Å². The highest BCUT2D eigenvalue weighted by molar-refractivity contribution is 5.78. The maximum absolute atomic E-state index is 13.6. The van der Waals surface area contributed by atoms with E-state index in [1.807, 2.05) is 24.8 Å². The second-order valence-corrected chi connectivity index (χ2v) is 4.94. The van der Waals surface area contributed by atoms with Crippen LogP contribution in [0.3, 0.4) is 0 Å². The Balaban J connectivity index is 2.13. The number of carbonyl (C=O) groups is 1. The quantitative estimate of drug-likeness (QED) is 0.785. The third-order valence-electron chi connectivity index (χ3n) is 3.06. The summed E-state index contributed by atoms with van der Waals surface area (Å²) in [4.78, 5) is 13.9. The number of halogens is 1. The highest BCUT2D eigenvalue weighted by Gasteiger charge is 2.33. The largest absolute Gasteiger partial charge is 0.335 e. The molecule has 1 aliphatic carbocycles. The monoisotopic (exact) mass is 235 g/mol. The summed E-state index contributed by atoms with van der Waals surface area (Å²) in [7, 11) is 0. The Bertz CT molecular complexity index is 412. The van der Waals surface area contributed by atoms with Gasteiger partial charge in [-0.2, -0.15) is 0 Å². The van der Waals surface area contributed by atoms with Crippen molar-refractivity contribution in [1.29, 1.82) is 0 Å². The van der Waals surface area contributed by atoms with Gasteiger partial charge in [-0.25, -0.2) is 4.39 Å². The lowest BCUT2D eigenvalue weighted by Gasteiger charge is -2.24. The van der Waals surface area contributed by atoms with E-state index in [2.05, 4.69) is 0 Å². The van der Waals surface area contributed by atoms with Gasteiger partial charge in [0.05, 0.1) is 0 Å². The fourth-order valence-electron chi connectivity index (χ4n) is 1.91. The lowest BCUT2D eigenvalue weighted by Crippen LogP contribution is -2.35. The molecule has 2 nitrogen and oxygen atoms in total. The molecule has 1 aromatic rings. The highest BCUT2D eigenvalue weighted by atomic mass is 19.1. The van der Waals surface area contributed by atoms with Gasteiger partial charge in [-0.15, -0.1) is 0 Å². The van der Waals surface area contributed by atoms with E-state index in [9.17, 15) is 9.18 Å². The topological polar surface area (TPSA) is 20.3 Å². The maximum Gasteiger partial charge on any atom is 0.225 e. The molecule has 0 N–H and O–H groups in total. The van der Waals surface area contributed by atoms with Gasteiger partial charge in [0, 0.05) is 24.1 Å². The average Bonchev–Trinajstić information content (AvgIpc) is 3.11. The second-order valence-electron chi connectivity index (χ2n) is 4.94. The van der Waals surface area contributed by atoms with Crippen LogP contribution < -0.4 is 0 Å². The van der Waals surface area contributed by atoms with Crippen molar-refractivity contribution < 1.29 is 9.18 Å². The number of rotatable bonds is 4. The third-order valence-corrected chi connectivity index (χ3v) is 3.06. The summed E-state index contributed by atoms with van der Waals surface area (Å²) >= 11 is 0. The first-order valence-corrected chi connectivity index (χ1v) is 6.13. The Kier molecular flexibility index (Phi) is 3.46. The van der Waals surface area contributed by atoms with Crippen molar-refractivity contribution in [1.82, 2.24) is 4.90 Å². The van der Waals surface area contributed by atoms with Gasteiger partial charge in [0.1, 0.15) is 5.82 Å². The van der Waals surface area contributed by atoms with Crippen molar-refractivity contribution in [3.05, 3.63) is 35.6 Å². The van der Waals surface area contributed by atoms with Crippen LogP contribution in [0.1, 0.15) is 32.3 Å². The lowest BCUT2D eigenvalue weighted by atomic mass is 10.1. The number of benzene rings is 1. The third kappa shape index (κ3) is 2.84. The molecule has 0 spiro atoms. The summed E-state index contributed by atoms with van der Waals surface area (Å²) in [5, 5.41) is 0. The van der Waals surface area contributed by atoms with E-state index >= 15 is 0 Å². The Labute approximate surface area is 101 Å². The van der Waals surface area contributed by atoms with Crippen LogP contribution in [-0.4, -0.2) is 16.8 Å². The van der Waals surface area contributed by atoms with Crippen LogP contribution in [-0.2, 0) is 11.3 Å². The summed E-state index contributed by atoms with van der Waals surface area (Å²) in [5.74, 6) is -0.132. The molecular formula is C14H18FNO. The molecule has 0 aromatic heterocycles. The van der Waals surface area contributed by atoms with Gasteiger partial charge < -0.3 is 4.90 Å². The summed E-state index contributed by atoms with van der Waals surface area (Å²) in [5.41, 5.74) is 0.605. The van der Waals surface area contributed by atoms with Crippen LogP contribution in [0.4, 0.5) is 4.39 Å². The van der Waals surface area contributed by atoms with E-state index in [-0.39, 0.29) is 17.6 Å². The summed E-state index contributed by atoms with van der Waals surface area (Å²) in [6, 6.07) is 7.00. The molecule has 0 unspecified atom stereocenters. The molecule has 0 aliphatic heterocycles. The zero-order valence-corrected chi connectivity index (χ0v) is 10.3. The van der Waals surface area contributed by atoms with Crippen LogP contribution in [0.2, 0.25) is 0 Å². The van der Waals surface area contributed by atoms with Crippen molar-refractivity contribution >= 4 is 5.91 Å². The molecule has 92 valence electrons. The molecule has 1 aliphatic rings. The minimum Gasteiger partial charge on any atom is -0.335 e. The standard InChI is InChI=1S/C14H18FNO/c1-10(2)14(17)16(12-7-8-12)9-11-5-3-4-6-13(11)15/h3-6,10,12H,7-9H2,1-2H3. The van der Waals surface area contributed by atoms with E-state index in [1.165, 1.54) is 6.07 Å². The molecule has 3 heteroatoms. The van der Waals surface area contributed by atoms with Crippen molar-refractivity contribution in [3.8, 4) is 0 Å².